The van der Waals surface area contributed by atoms with E-state index >= 15 is 0 Å². The zero-order valence-electron chi connectivity index (χ0n) is 10.9. The average Bonchev–Trinajstić information content (AvgIpc) is 2.89. The fourth-order valence-corrected chi connectivity index (χ4v) is 3.06. The van der Waals surface area contributed by atoms with Crippen LogP contribution in [0.2, 0.25) is 5.02 Å². The van der Waals surface area contributed by atoms with Crippen molar-refractivity contribution >= 4 is 50.7 Å². The van der Waals surface area contributed by atoms with Crippen LogP contribution in [0.4, 0.5) is 0 Å². The maximum absolute atomic E-state index is 11.7. The second-order valence-electron chi connectivity index (χ2n) is 4.46. The van der Waals surface area contributed by atoms with Gasteiger partial charge in [0, 0.05) is 5.02 Å². The lowest BCUT2D eigenvalue weighted by atomic mass is 10.1. The number of benzene rings is 2. The van der Waals surface area contributed by atoms with Crippen molar-refractivity contribution in [2.75, 3.05) is 0 Å². The van der Waals surface area contributed by atoms with E-state index in [0.717, 1.165) is 15.8 Å². The lowest BCUT2D eigenvalue weighted by Gasteiger charge is -2.00. The largest absolute Gasteiger partial charge is 0.366 e. The molecule has 3 aromatic rings. The van der Waals surface area contributed by atoms with Crippen molar-refractivity contribution in [2.45, 2.75) is 0 Å². The van der Waals surface area contributed by atoms with E-state index in [4.69, 9.17) is 17.3 Å². The molecule has 0 spiro atoms. The highest BCUT2D eigenvalue weighted by Gasteiger charge is 2.13. The molecule has 1 heterocycles. The van der Waals surface area contributed by atoms with Crippen molar-refractivity contribution in [3.05, 3.63) is 64.1 Å². The number of para-hydroxylation sites is 1. The molecule has 2 N–H and O–H groups in total. The van der Waals surface area contributed by atoms with E-state index in [0.29, 0.717) is 15.6 Å². The molecule has 0 fully saturated rings. The Morgan fingerprint density at radius 3 is 2.52 bits per heavy atom. The molecule has 0 aliphatic carbocycles. The Kier molecular flexibility index (Phi) is 3.73. The van der Waals surface area contributed by atoms with Crippen LogP contribution in [0.15, 0.2) is 48.5 Å². The van der Waals surface area contributed by atoms with Gasteiger partial charge in [0.25, 0.3) is 5.91 Å². The van der Waals surface area contributed by atoms with Gasteiger partial charge in [0.2, 0.25) is 0 Å². The molecule has 3 rings (SSSR count). The summed E-state index contributed by atoms with van der Waals surface area (Å²) in [5, 5.41) is 1.27. The quantitative estimate of drug-likeness (QED) is 0.743. The second kappa shape index (κ2) is 5.68. The smallest absolute Gasteiger partial charge is 0.251 e. The molecule has 0 unspecified atom stereocenters. The number of hydrogen-bond acceptors (Lipinski definition) is 3. The molecule has 0 aliphatic heterocycles. The predicted molar refractivity (Wildman–Crippen MR) is 88.1 cm³/mol. The van der Waals surface area contributed by atoms with E-state index in [1.807, 2.05) is 36.4 Å². The standard InChI is InChI=1S/C16H11ClN2OS/c17-11-7-5-10(6-8-11)9-12(15(18)20)16-19-13-3-1-2-4-14(13)21-16/h1-9H,(H2,18,20)/b12-9+. The maximum atomic E-state index is 11.7. The molecule has 0 atom stereocenters. The number of halogens is 1. The predicted octanol–water partition coefficient (Wildman–Crippen LogP) is 3.98. The van der Waals surface area contributed by atoms with Crippen molar-refractivity contribution in [1.29, 1.82) is 0 Å². The van der Waals surface area contributed by atoms with E-state index in [1.54, 1.807) is 18.2 Å². The first-order valence-electron chi connectivity index (χ1n) is 6.26. The summed E-state index contributed by atoms with van der Waals surface area (Å²) in [4.78, 5) is 16.2. The third kappa shape index (κ3) is 2.96. The van der Waals surface area contributed by atoms with Crippen LogP contribution in [-0.4, -0.2) is 10.9 Å². The first-order chi connectivity index (χ1) is 10.1. The van der Waals surface area contributed by atoms with Crippen molar-refractivity contribution < 1.29 is 4.79 Å². The monoisotopic (exact) mass is 314 g/mol. The van der Waals surface area contributed by atoms with Gasteiger partial charge >= 0.3 is 0 Å². The molecule has 0 aliphatic rings. The van der Waals surface area contributed by atoms with Gasteiger partial charge in [-0.2, -0.15) is 0 Å². The van der Waals surface area contributed by atoms with Crippen LogP contribution in [0.3, 0.4) is 0 Å². The van der Waals surface area contributed by atoms with Gasteiger partial charge in [-0.15, -0.1) is 11.3 Å². The van der Waals surface area contributed by atoms with Gasteiger partial charge in [0.05, 0.1) is 15.8 Å². The molecular weight excluding hydrogens is 304 g/mol. The molecule has 0 bridgehead atoms. The third-order valence-corrected chi connectivity index (χ3v) is 4.29. The van der Waals surface area contributed by atoms with Crippen molar-refractivity contribution in [3.63, 3.8) is 0 Å². The molecule has 1 aromatic heterocycles. The topological polar surface area (TPSA) is 56.0 Å². The lowest BCUT2D eigenvalue weighted by Crippen LogP contribution is -2.12. The molecule has 0 saturated carbocycles. The molecule has 104 valence electrons. The summed E-state index contributed by atoms with van der Waals surface area (Å²) in [6, 6.07) is 14.9. The van der Waals surface area contributed by atoms with E-state index in [9.17, 15) is 4.79 Å². The number of primary amides is 1. The summed E-state index contributed by atoms with van der Waals surface area (Å²) < 4.78 is 1.02. The van der Waals surface area contributed by atoms with Gasteiger partial charge in [0.15, 0.2) is 0 Å². The van der Waals surface area contributed by atoms with Crippen LogP contribution in [0, 0.1) is 0 Å². The Morgan fingerprint density at radius 2 is 1.86 bits per heavy atom. The van der Waals surface area contributed by atoms with Crippen LogP contribution in [-0.2, 0) is 4.79 Å². The number of aromatic nitrogens is 1. The minimum absolute atomic E-state index is 0.401. The number of rotatable bonds is 3. The molecule has 0 saturated heterocycles. The SMILES string of the molecule is NC(=O)/C(=C\c1ccc(Cl)cc1)c1nc2ccccc2s1. The van der Waals surface area contributed by atoms with Crippen LogP contribution in [0.1, 0.15) is 10.6 Å². The third-order valence-electron chi connectivity index (χ3n) is 2.97. The highest BCUT2D eigenvalue weighted by atomic mass is 35.5. The zero-order valence-corrected chi connectivity index (χ0v) is 12.5. The van der Waals surface area contributed by atoms with E-state index in [-0.39, 0.29) is 0 Å². The summed E-state index contributed by atoms with van der Waals surface area (Å²) in [5.74, 6) is -0.496. The highest BCUT2D eigenvalue weighted by Crippen LogP contribution is 2.28. The normalized spacial score (nSPS) is 11.8. The van der Waals surface area contributed by atoms with Crippen molar-refractivity contribution in [1.82, 2.24) is 4.98 Å². The fraction of sp³-hybridized carbons (Fsp3) is 0. The number of nitrogens with two attached hydrogens (primary N) is 1. The average molecular weight is 315 g/mol. The Bertz CT molecular complexity index is 804. The van der Waals surface area contributed by atoms with Crippen LogP contribution in [0.5, 0.6) is 0 Å². The molecule has 5 heteroatoms. The van der Waals surface area contributed by atoms with Crippen LogP contribution in [0.25, 0.3) is 21.9 Å². The van der Waals surface area contributed by atoms with Crippen LogP contribution < -0.4 is 5.73 Å². The number of hydrogen-bond donors (Lipinski definition) is 1. The van der Waals surface area contributed by atoms with Gasteiger partial charge in [-0.1, -0.05) is 35.9 Å². The van der Waals surface area contributed by atoms with E-state index < -0.39 is 5.91 Å². The first kappa shape index (κ1) is 13.8. The summed E-state index contributed by atoms with van der Waals surface area (Å²) in [7, 11) is 0. The molecule has 0 radical (unpaired) electrons. The number of thiazole rings is 1. The molecule has 3 nitrogen and oxygen atoms in total. The summed E-state index contributed by atoms with van der Waals surface area (Å²) >= 11 is 7.31. The summed E-state index contributed by atoms with van der Waals surface area (Å²) in [6.45, 7) is 0. The number of carbonyl (C=O) groups is 1. The van der Waals surface area contributed by atoms with Gasteiger partial charge in [-0.25, -0.2) is 4.98 Å². The summed E-state index contributed by atoms with van der Waals surface area (Å²) in [6.07, 6.45) is 1.73. The van der Waals surface area contributed by atoms with Gasteiger partial charge in [0.1, 0.15) is 5.01 Å². The first-order valence-corrected chi connectivity index (χ1v) is 7.46. The Hall–Kier alpha value is -2.17. The number of fused-ring (bicyclic) bond motifs is 1. The molecule has 2 aromatic carbocycles. The van der Waals surface area contributed by atoms with Gasteiger partial charge < -0.3 is 5.73 Å². The maximum Gasteiger partial charge on any atom is 0.251 e. The van der Waals surface area contributed by atoms with E-state index in [2.05, 4.69) is 4.98 Å². The molecular formula is C16H11ClN2OS. The highest BCUT2D eigenvalue weighted by molar-refractivity contribution is 7.19. The Labute approximate surface area is 130 Å². The van der Waals surface area contributed by atoms with Crippen molar-refractivity contribution in [3.8, 4) is 0 Å². The molecule has 21 heavy (non-hydrogen) atoms. The minimum atomic E-state index is -0.496. The minimum Gasteiger partial charge on any atom is -0.366 e. The second-order valence-corrected chi connectivity index (χ2v) is 5.93. The fourth-order valence-electron chi connectivity index (χ4n) is 1.95. The van der Waals surface area contributed by atoms with E-state index in [1.165, 1.54) is 11.3 Å². The van der Waals surface area contributed by atoms with Crippen molar-refractivity contribution in [2.24, 2.45) is 5.73 Å². The summed E-state index contributed by atoms with van der Waals surface area (Å²) in [5.41, 5.74) is 7.62. The van der Waals surface area contributed by atoms with Crippen LogP contribution >= 0.6 is 22.9 Å². The Balaban J connectivity index is 2.09. The Morgan fingerprint density at radius 1 is 1.14 bits per heavy atom. The van der Waals surface area contributed by atoms with Gasteiger partial charge in [-0.05, 0) is 35.9 Å². The molecule has 1 amide bonds. The zero-order chi connectivity index (χ0) is 14.8. The number of amides is 1. The lowest BCUT2D eigenvalue weighted by molar-refractivity contribution is -0.112. The number of carbonyl (C=O) groups excluding carboxylic acids is 1. The van der Waals surface area contributed by atoms with Gasteiger partial charge in [-0.3, -0.25) is 4.79 Å². The number of nitrogens with zero attached hydrogens (tertiary/aromatic N) is 1.